The SMILES string of the molecule is CCN1CC[C@@]2(CN(S(C)(=O)=O)CC23CCN(Cc2cccs2)CC3)C1=O. The van der Waals surface area contributed by atoms with Crippen molar-refractivity contribution >= 4 is 27.3 Å². The van der Waals surface area contributed by atoms with E-state index in [0.717, 1.165) is 45.4 Å². The van der Waals surface area contributed by atoms with Gasteiger partial charge < -0.3 is 4.90 Å². The number of carbonyl (C=O) groups excluding carboxylic acids is 1. The van der Waals surface area contributed by atoms with E-state index in [9.17, 15) is 13.2 Å². The summed E-state index contributed by atoms with van der Waals surface area (Å²) in [5, 5.41) is 2.10. The van der Waals surface area contributed by atoms with Gasteiger partial charge in [0.05, 0.1) is 11.7 Å². The number of likely N-dealkylation sites (tertiary alicyclic amines) is 2. The normalized spacial score (nSPS) is 29.4. The first-order chi connectivity index (χ1) is 12.8. The summed E-state index contributed by atoms with van der Waals surface area (Å²) in [4.78, 5) is 19.1. The fourth-order valence-corrected chi connectivity index (χ4v) is 7.11. The molecule has 2 spiro atoms. The Labute approximate surface area is 166 Å². The van der Waals surface area contributed by atoms with Crippen LogP contribution in [-0.2, 0) is 21.4 Å². The molecule has 6 nitrogen and oxygen atoms in total. The van der Waals surface area contributed by atoms with Gasteiger partial charge >= 0.3 is 0 Å². The van der Waals surface area contributed by atoms with Gasteiger partial charge in [-0.1, -0.05) is 6.07 Å². The lowest BCUT2D eigenvalue weighted by molar-refractivity contribution is -0.142. The second kappa shape index (κ2) is 6.83. The third-order valence-electron chi connectivity index (χ3n) is 7.07. The molecule has 0 unspecified atom stereocenters. The Morgan fingerprint density at radius 3 is 2.44 bits per heavy atom. The Morgan fingerprint density at radius 1 is 1.15 bits per heavy atom. The minimum Gasteiger partial charge on any atom is -0.342 e. The van der Waals surface area contributed by atoms with Crippen LogP contribution < -0.4 is 0 Å². The van der Waals surface area contributed by atoms with E-state index in [1.165, 1.54) is 11.1 Å². The van der Waals surface area contributed by atoms with Crippen LogP contribution in [0, 0.1) is 10.8 Å². The summed E-state index contributed by atoms with van der Waals surface area (Å²) in [5.74, 6) is 0.183. The lowest BCUT2D eigenvalue weighted by atomic mass is 9.60. The predicted octanol–water partition coefficient (Wildman–Crippen LogP) is 1.84. The van der Waals surface area contributed by atoms with E-state index in [-0.39, 0.29) is 11.3 Å². The quantitative estimate of drug-likeness (QED) is 0.759. The van der Waals surface area contributed by atoms with Gasteiger partial charge in [0.1, 0.15) is 0 Å². The molecule has 3 fully saturated rings. The minimum atomic E-state index is -3.29. The Morgan fingerprint density at radius 2 is 1.89 bits per heavy atom. The summed E-state index contributed by atoms with van der Waals surface area (Å²) in [6.45, 7) is 7.15. The number of thiophene rings is 1. The molecule has 1 atom stereocenters. The van der Waals surface area contributed by atoms with Crippen LogP contribution in [0.5, 0.6) is 0 Å². The van der Waals surface area contributed by atoms with Crippen molar-refractivity contribution in [3.8, 4) is 0 Å². The first kappa shape index (κ1) is 19.4. The maximum Gasteiger partial charge on any atom is 0.230 e. The Balaban J connectivity index is 1.58. The molecule has 0 saturated carbocycles. The molecule has 1 aromatic rings. The maximum absolute atomic E-state index is 13.3. The highest BCUT2D eigenvalue weighted by Gasteiger charge is 2.66. The predicted molar refractivity (Wildman–Crippen MR) is 107 cm³/mol. The zero-order valence-electron chi connectivity index (χ0n) is 16.2. The van der Waals surface area contributed by atoms with Gasteiger partial charge in [-0.3, -0.25) is 9.69 Å². The van der Waals surface area contributed by atoms with Crippen molar-refractivity contribution in [2.75, 3.05) is 45.5 Å². The van der Waals surface area contributed by atoms with E-state index in [1.807, 2.05) is 11.8 Å². The third kappa shape index (κ3) is 3.14. The molecule has 0 aliphatic carbocycles. The molecule has 0 bridgehead atoms. The van der Waals surface area contributed by atoms with Gasteiger partial charge in [0.25, 0.3) is 0 Å². The topological polar surface area (TPSA) is 60.9 Å². The van der Waals surface area contributed by atoms with Gasteiger partial charge in [-0.2, -0.15) is 0 Å². The molecule has 1 amide bonds. The molecule has 0 radical (unpaired) electrons. The molecule has 4 heterocycles. The number of carbonyl (C=O) groups is 1. The zero-order valence-corrected chi connectivity index (χ0v) is 17.8. The largest absolute Gasteiger partial charge is 0.342 e. The molecular formula is C19H29N3O3S2. The Kier molecular flexibility index (Phi) is 4.90. The first-order valence-electron chi connectivity index (χ1n) is 9.79. The number of amides is 1. The lowest BCUT2D eigenvalue weighted by Crippen LogP contribution is -2.52. The van der Waals surface area contributed by atoms with Crippen molar-refractivity contribution in [3.05, 3.63) is 22.4 Å². The molecule has 0 aromatic carbocycles. The van der Waals surface area contributed by atoms with Crippen molar-refractivity contribution in [1.82, 2.24) is 14.1 Å². The fraction of sp³-hybridized carbons (Fsp3) is 0.737. The monoisotopic (exact) mass is 411 g/mol. The number of hydrogen-bond donors (Lipinski definition) is 0. The Hall–Kier alpha value is -0.960. The third-order valence-corrected chi connectivity index (χ3v) is 9.13. The van der Waals surface area contributed by atoms with Gasteiger partial charge in [0.15, 0.2) is 0 Å². The van der Waals surface area contributed by atoms with Gasteiger partial charge in [-0.05, 0) is 50.7 Å². The van der Waals surface area contributed by atoms with Crippen molar-refractivity contribution in [2.24, 2.45) is 10.8 Å². The number of fused-ring (bicyclic) bond motifs is 1. The van der Waals surface area contributed by atoms with Crippen molar-refractivity contribution < 1.29 is 13.2 Å². The van der Waals surface area contributed by atoms with Crippen LogP contribution in [-0.4, -0.2) is 74.0 Å². The van der Waals surface area contributed by atoms with Crippen LogP contribution in [0.4, 0.5) is 0 Å². The van der Waals surface area contributed by atoms with Crippen molar-refractivity contribution in [3.63, 3.8) is 0 Å². The molecule has 3 aliphatic heterocycles. The van der Waals surface area contributed by atoms with E-state index >= 15 is 0 Å². The maximum atomic E-state index is 13.3. The van der Waals surface area contributed by atoms with Gasteiger partial charge in [-0.15, -0.1) is 11.3 Å². The van der Waals surface area contributed by atoms with Gasteiger partial charge in [0.2, 0.25) is 15.9 Å². The van der Waals surface area contributed by atoms with Crippen molar-refractivity contribution in [1.29, 1.82) is 0 Å². The highest BCUT2D eigenvalue weighted by molar-refractivity contribution is 7.88. The first-order valence-corrected chi connectivity index (χ1v) is 12.5. The molecule has 4 rings (SSSR count). The molecule has 150 valence electrons. The van der Waals surface area contributed by atoms with Crippen LogP contribution in [0.25, 0.3) is 0 Å². The van der Waals surface area contributed by atoms with Crippen LogP contribution in [0.15, 0.2) is 17.5 Å². The second-order valence-corrected chi connectivity index (χ2v) is 11.4. The van der Waals surface area contributed by atoms with Crippen LogP contribution in [0.3, 0.4) is 0 Å². The zero-order chi connectivity index (χ0) is 19.3. The number of hydrogen-bond acceptors (Lipinski definition) is 5. The highest BCUT2D eigenvalue weighted by atomic mass is 32.2. The lowest BCUT2D eigenvalue weighted by Gasteiger charge is -2.47. The highest BCUT2D eigenvalue weighted by Crippen LogP contribution is 2.58. The molecule has 3 saturated heterocycles. The summed E-state index contributed by atoms with van der Waals surface area (Å²) >= 11 is 1.78. The summed E-state index contributed by atoms with van der Waals surface area (Å²) in [7, 11) is -3.29. The standard InChI is InChI=1S/C19H29N3O3S2/c1-3-21-11-8-19(17(21)23)15-22(27(2,24)25)14-18(19)6-9-20(10-7-18)13-16-5-4-12-26-16/h4-5,12H,3,6-11,13-15H2,1-2H3/t19-/m1/s1. The second-order valence-electron chi connectivity index (χ2n) is 8.38. The summed E-state index contributed by atoms with van der Waals surface area (Å²) in [5.41, 5.74) is -0.746. The molecular weight excluding hydrogens is 382 g/mol. The number of rotatable bonds is 4. The molecule has 0 N–H and O–H groups in total. The number of nitrogens with zero attached hydrogens (tertiary/aromatic N) is 3. The summed E-state index contributed by atoms with van der Waals surface area (Å²) < 4.78 is 26.2. The minimum absolute atomic E-state index is 0.183. The van der Waals surface area contributed by atoms with Crippen LogP contribution in [0.1, 0.15) is 31.1 Å². The van der Waals surface area contributed by atoms with E-state index in [1.54, 1.807) is 15.6 Å². The average Bonchev–Trinajstić information content (AvgIpc) is 3.32. The van der Waals surface area contributed by atoms with Gasteiger partial charge in [-0.25, -0.2) is 12.7 Å². The van der Waals surface area contributed by atoms with E-state index < -0.39 is 15.4 Å². The Bertz CT molecular complexity index is 800. The molecule has 27 heavy (non-hydrogen) atoms. The molecule has 1 aromatic heterocycles. The number of sulfonamides is 1. The number of piperidine rings is 1. The van der Waals surface area contributed by atoms with Crippen LogP contribution in [0.2, 0.25) is 0 Å². The summed E-state index contributed by atoms with van der Waals surface area (Å²) in [6, 6.07) is 4.25. The molecule has 8 heteroatoms. The van der Waals surface area contributed by atoms with E-state index in [0.29, 0.717) is 19.6 Å². The molecule has 3 aliphatic rings. The van der Waals surface area contributed by atoms with Crippen molar-refractivity contribution in [2.45, 2.75) is 32.7 Å². The fourth-order valence-electron chi connectivity index (χ4n) is 5.42. The van der Waals surface area contributed by atoms with E-state index in [2.05, 4.69) is 22.4 Å². The van der Waals surface area contributed by atoms with Crippen LogP contribution >= 0.6 is 11.3 Å². The average molecular weight is 412 g/mol. The smallest absolute Gasteiger partial charge is 0.230 e. The van der Waals surface area contributed by atoms with Gasteiger partial charge in [0, 0.05) is 43.0 Å². The van der Waals surface area contributed by atoms with E-state index in [4.69, 9.17) is 0 Å². The summed E-state index contributed by atoms with van der Waals surface area (Å²) in [6.07, 6.45) is 3.86.